The maximum Gasteiger partial charge on any atom is 0.222 e. The molecule has 4 heteroatoms. The second kappa shape index (κ2) is 7.67. The topological polar surface area (TPSA) is 55.6 Å². The van der Waals surface area contributed by atoms with Gasteiger partial charge in [0.1, 0.15) is 0 Å². The van der Waals surface area contributed by atoms with E-state index in [0.717, 1.165) is 39.0 Å². The summed E-state index contributed by atoms with van der Waals surface area (Å²) in [4.78, 5) is 13.8. The van der Waals surface area contributed by atoms with Gasteiger partial charge in [-0.25, -0.2) is 0 Å². The third-order valence-electron chi connectivity index (χ3n) is 3.55. The summed E-state index contributed by atoms with van der Waals surface area (Å²) in [5.74, 6) is 1.30. The molecule has 4 nitrogen and oxygen atoms in total. The van der Waals surface area contributed by atoms with Crippen LogP contribution in [0.25, 0.3) is 0 Å². The number of hydrogen-bond acceptors (Lipinski definition) is 3. The Morgan fingerprint density at radius 3 is 2.71 bits per heavy atom. The second-order valence-electron chi connectivity index (χ2n) is 5.21. The smallest absolute Gasteiger partial charge is 0.222 e. The van der Waals surface area contributed by atoms with Gasteiger partial charge in [0.25, 0.3) is 0 Å². The number of nitrogens with two attached hydrogens (primary N) is 1. The monoisotopic (exact) mass is 242 g/mol. The standard InChI is InChI=1S/C13H26N2O2/c1-11(9-14)3-4-13(16)15(2)10-12-5-7-17-8-6-12/h11-12H,3-10,14H2,1-2H3. The fourth-order valence-electron chi connectivity index (χ4n) is 2.10. The number of hydrogen-bond donors (Lipinski definition) is 1. The lowest BCUT2D eigenvalue weighted by atomic mass is 9.99. The Morgan fingerprint density at radius 1 is 1.47 bits per heavy atom. The minimum atomic E-state index is 0.247. The van der Waals surface area contributed by atoms with Crippen molar-refractivity contribution in [2.75, 3.05) is 33.4 Å². The molecule has 0 radical (unpaired) electrons. The molecular formula is C13H26N2O2. The molecule has 2 N–H and O–H groups in total. The molecule has 1 fully saturated rings. The summed E-state index contributed by atoms with van der Waals surface area (Å²) < 4.78 is 5.32. The van der Waals surface area contributed by atoms with E-state index < -0.39 is 0 Å². The second-order valence-corrected chi connectivity index (χ2v) is 5.21. The first-order chi connectivity index (χ1) is 8.13. The first kappa shape index (κ1) is 14.5. The highest BCUT2D eigenvalue weighted by Gasteiger charge is 2.18. The molecule has 0 spiro atoms. The quantitative estimate of drug-likeness (QED) is 0.762. The number of carbonyl (C=O) groups is 1. The molecule has 0 bridgehead atoms. The van der Waals surface area contributed by atoms with Crippen LogP contribution in [-0.4, -0.2) is 44.2 Å². The zero-order valence-electron chi connectivity index (χ0n) is 11.2. The van der Waals surface area contributed by atoms with E-state index in [0.29, 0.717) is 24.8 Å². The first-order valence-electron chi connectivity index (χ1n) is 6.65. The van der Waals surface area contributed by atoms with E-state index >= 15 is 0 Å². The van der Waals surface area contributed by atoms with Gasteiger partial charge in [-0.2, -0.15) is 0 Å². The van der Waals surface area contributed by atoms with E-state index in [2.05, 4.69) is 6.92 Å². The van der Waals surface area contributed by atoms with Crippen molar-refractivity contribution in [1.82, 2.24) is 4.90 Å². The van der Waals surface area contributed by atoms with Gasteiger partial charge >= 0.3 is 0 Å². The van der Waals surface area contributed by atoms with Crippen LogP contribution in [0, 0.1) is 11.8 Å². The van der Waals surface area contributed by atoms with E-state index in [1.165, 1.54) is 0 Å². The Balaban J connectivity index is 2.21. The van der Waals surface area contributed by atoms with Crippen molar-refractivity contribution < 1.29 is 9.53 Å². The molecule has 0 aromatic rings. The summed E-state index contributed by atoms with van der Waals surface area (Å²) in [6.07, 6.45) is 3.68. The number of ether oxygens (including phenoxy) is 1. The maximum atomic E-state index is 11.9. The average Bonchev–Trinajstić information content (AvgIpc) is 2.36. The lowest BCUT2D eigenvalue weighted by Crippen LogP contribution is -2.34. The fraction of sp³-hybridized carbons (Fsp3) is 0.923. The van der Waals surface area contributed by atoms with Crippen molar-refractivity contribution in [1.29, 1.82) is 0 Å². The van der Waals surface area contributed by atoms with E-state index in [4.69, 9.17) is 10.5 Å². The van der Waals surface area contributed by atoms with E-state index in [9.17, 15) is 4.79 Å². The van der Waals surface area contributed by atoms with Crippen LogP contribution in [-0.2, 0) is 9.53 Å². The van der Waals surface area contributed by atoms with Gasteiger partial charge in [-0.05, 0) is 37.6 Å². The number of nitrogens with zero attached hydrogens (tertiary/aromatic N) is 1. The molecule has 0 aromatic carbocycles. The molecule has 1 heterocycles. The van der Waals surface area contributed by atoms with Crippen molar-refractivity contribution in [2.24, 2.45) is 17.6 Å². The largest absolute Gasteiger partial charge is 0.381 e. The zero-order valence-corrected chi connectivity index (χ0v) is 11.2. The SMILES string of the molecule is CC(CN)CCC(=O)N(C)CC1CCOCC1. The van der Waals surface area contributed by atoms with Crippen molar-refractivity contribution >= 4 is 5.91 Å². The van der Waals surface area contributed by atoms with Crippen molar-refractivity contribution in [3.05, 3.63) is 0 Å². The van der Waals surface area contributed by atoms with Gasteiger partial charge in [0.15, 0.2) is 0 Å². The minimum absolute atomic E-state index is 0.247. The molecule has 1 aliphatic heterocycles. The normalized spacial score (nSPS) is 19.0. The number of carbonyl (C=O) groups excluding carboxylic acids is 1. The van der Waals surface area contributed by atoms with Gasteiger partial charge in [0.05, 0.1) is 0 Å². The fourth-order valence-corrected chi connectivity index (χ4v) is 2.10. The van der Waals surface area contributed by atoms with Crippen LogP contribution >= 0.6 is 0 Å². The average molecular weight is 242 g/mol. The molecule has 0 aliphatic carbocycles. The Kier molecular flexibility index (Phi) is 6.52. The van der Waals surface area contributed by atoms with Crippen LogP contribution in [0.4, 0.5) is 0 Å². The van der Waals surface area contributed by atoms with Crippen LogP contribution in [0.1, 0.15) is 32.6 Å². The Hall–Kier alpha value is -0.610. The predicted molar refractivity (Wildman–Crippen MR) is 68.6 cm³/mol. The molecule has 0 saturated carbocycles. The molecule has 1 aliphatic rings. The van der Waals surface area contributed by atoms with E-state index in [-0.39, 0.29) is 5.91 Å². The maximum absolute atomic E-state index is 11.9. The van der Waals surface area contributed by atoms with E-state index in [1.807, 2.05) is 11.9 Å². The molecule has 1 atom stereocenters. The van der Waals surface area contributed by atoms with Crippen molar-refractivity contribution in [3.8, 4) is 0 Å². The zero-order chi connectivity index (χ0) is 12.7. The number of rotatable bonds is 6. The van der Waals surface area contributed by atoms with Crippen LogP contribution < -0.4 is 5.73 Å². The summed E-state index contributed by atoms with van der Waals surface area (Å²) in [5, 5.41) is 0. The van der Waals surface area contributed by atoms with Crippen LogP contribution in [0.2, 0.25) is 0 Å². The van der Waals surface area contributed by atoms with Gasteiger partial charge in [-0.3, -0.25) is 4.79 Å². The molecule has 17 heavy (non-hydrogen) atoms. The highest BCUT2D eigenvalue weighted by molar-refractivity contribution is 5.75. The van der Waals surface area contributed by atoms with Gasteiger partial charge in [-0.1, -0.05) is 6.92 Å². The summed E-state index contributed by atoms with van der Waals surface area (Å²) >= 11 is 0. The van der Waals surface area contributed by atoms with Crippen LogP contribution in [0.5, 0.6) is 0 Å². The molecule has 1 amide bonds. The lowest BCUT2D eigenvalue weighted by Gasteiger charge is -2.27. The summed E-state index contributed by atoms with van der Waals surface area (Å²) in [6, 6.07) is 0. The minimum Gasteiger partial charge on any atom is -0.381 e. The Morgan fingerprint density at radius 2 is 2.12 bits per heavy atom. The van der Waals surface area contributed by atoms with Crippen LogP contribution in [0.15, 0.2) is 0 Å². The molecule has 1 saturated heterocycles. The molecule has 100 valence electrons. The molecular weight excluding hydrogens is 216 g/mol. The molecule has 1 rings (SSSR count). The van der Waals surface area contributed by atoms with Crippen molar-refractivity contribution in [3.63, 3.8) is 0 Å². The van der Waals surface area contributed by atoms with Gasteiger partial charge in [0, 0.05) is 33.2 Å². The highest BCUT2D eigenvalue weighted by Crippen LogP contribution is 2.16. The predicted octanol–water partition coefficient (Wildman–Crippen LogP) is 1.25. The highest BCUT2D eigenvalue weighted by atomic mass is 16.5. The Bertz CT molecular complexity index is 227. The molecule has 1 unspecified atom stereocenters. The van der Waals surface area contributed by atoms with Gasteiger partial charge in [0.2, 0.25) is 5.91 Å². The summed E-state index contributed by atoms with van der Waals surface area (Å²) in [6.45, 7) is 5.32. The van der Waals surface area contributed by atoms with E-state index in [1.54, 1.807) is 0 Å². The van der Waals surface area contributed by atoms with Gasteiger partial charge in [-0.15, -0.1) is 0 Å². The lowest BCUT2D eigenvalue weighted by molar-refractivity contribution is -0.131. The third kappa shape index (κ3) is 5.50. The molecule has 0 aromatic heterocycles. The van der Waals surface area contributed by atoms with Crippen LogP contribution in [0.3, 0.4) is 0 Å². The van der Waals surface area contributed by atoms with Gasteiger partial charge < -0.3 is 15.4 Å². The number of amides is 1. The third-order valence-corrected chi connectivity index (χ3v) is 3.55. The first-order valence-corrected chi connectivity index (χ1v) is 6.65. The Labute approximate surface area is 104 Å². The van der Waals surface area contributed by atoms with Crippen molar-refractivity contribution in [2.45, 2.75) is 32.6 Å². The summed E-state index contributed by atoms with van der Waals surface area (Å²) in [7, 11) is 1.91. The summed E-state index contributed by atoms with van der Waals surface area (Å²) in [5.41, 5.74) is 5.54.